The number of hydrogen-bond donors (Lipinski definition) is 2. The van der Waals surface area contributed by atoms with E-state index < -0.39 is 11.4 Å². The Balaban J connectivity index is 0.00000144. The number of carbonyl (C=O) groups is 1. The maximum Gasteiger partial charge on any atom is 0.244 e. The van der Waals surface area contributed by atoms with Gasteiger partial charge in [0, 0.05) is 6.07 Å². The van der Waals surface area contributed by atoms with Crippen LogP contribution in [-0.2, 0) is 4.79 Å². The van der Waals surface area contributed by atoms with E-state index in [1.807, 2.05) is 0 Å². The maximum atomic E-state index is 13.4. The Morgan fingerprint density at radius 2 is 2.18 bits per heavy atom. The number of benzene rings is 1. The first kappa shape index (κ1) is 13.7. The van der Waals surface area contributed by atoms with Crippen LogP contribution < -0.4 is 15.8 Å². The molecule has 6 heteroatoms. The maximum absolute atomic E-state index is 13.4. The third-order valence-electron chi connectivity index (χ3n) is 2.66. The van der Waals surface area contributed by atoms with Crippen LogP contribution in [0.15, 0.2) is 18.2 Å². The van der Waals surface area contributed by atoms with Crippen LogP contribution in [-0.4, -0.2) is 18.6 Å². The van der Waals surface area contributed by atoms with Gasteiger partial charge in [-0.15, -0.1) is 12.4 Å². The summed E-state index contributed by atoms with van der Waals surface area (Å²) in [6.45, 7) is 0. The Morgan fingerprint density at radius 1 is 1.53 bits per heavy atom. The Bertz CT molecular complexity index is 435. The monoisotopic (exact) mass is 260 g/mol. The largest absolute Gasteiger partial charge is 0.497 e. The van der Waals surface area contributed by atoms with Crippen molar-refractivity contribution in [3.05, 3.63) is 24.0 Å². The third-order valence-corrected chi connectivity index (χ3v) is 2.66. The molecule has 1 fully saturated rings. The Hall–Kier alpha value is -1.33. The highest BCUT2D eigenvalue weighted by Gasteiger charge is 2.46. The van der Waals surface area contributed by atoms with Crippen LogP contribution in [0.1, 0.15) is 12.8 Å². The number of halogens is 2. The molecule has 0 spiro atoms. The number of amides is 1. The normalized spacial score (nSPS) is 15.7. The lowest BCUT2D eigenvalue weighted by molar-refractivity contribution is -0.118. The summed E-state index contributed by atoms with van der Waals surface area (Å²) in [6, 6.07) is 4.16. The van der Waals surface area contributed by atoms with Gasteiger partial charge >= 0.3 is 0 Å². The first-order valence-corrected chi connectivity index (χ1v) is 4.99. The van der Waals surface area contributed by atoms with Gasteiger partial charge < -0.3 is 15.8 Å². The molecule has 0 bridgehead atoms. The molecule has 3 N–H and O–H groups in total. The third kappa shape index (κ3) is 2.87. The summed E-state index contributed by atoms with van der Waals surface area (Å²) < 4.78 is 18.3. The van der Waals surface area contributed by atoms with Crippen LogP contribution in [0.2, 0.25) is 0 Å². The number of hydrogen-bond acceptors (Lipinski definition) is 3. The van der Waals surface area contributed by atoms with Crippen LogP contribution in [0.5, 0.6) is 5.75 Å². The van der Waals surface area contributed by atoms with Gasteiger partial charge in [0.1, 0.15) is 11.6 Å². The summed E-state index contributed by atoms with van der Waals surface area (Å²) in [4.78, 5) is 11.6. The zero-order chi connectivity index (χ0) is 11.8. The molecular formula is C11H14ClFN2O2. The van der Waals surface area contributed by atoms with Crippen LogP contribution in [0.25, 0.3) is 0 Å². The lowest BCUT2D eigenvalue weighted by Gasteiger charge is -2.11. The molecule has 4 nitrogen and oxygen atoms in total. The molecule has 0 unspecified atom stereocenters. The average Bonchev–Trinajstić information content (AvgIpc) is 3.01. The second-order valence-electron chi connectivity index (χ2n) is 3.96. The minimum absolute atomic E-state index is 0. The predicted molar refractivity (Wildman–Crippen MR) is 65.0 cm³/mol. The second-order valence-corrected chi connectivity index (χ2v) is 3.96. The van der Waals surface area contributed by atoms with E-state index in [1.165, 1.54) is 25.3 Å². The highest BCUT2D eigenvalue weighted by atomic mass is 35.5. The summed E-state index contributed by atoms with van der Waals surface area (Å²) in [5.74, 6) is -0.364. The zero-order valence-electron chi connectivity index (χ0n) is 9.33. The topological polar surface area (TPSA) is 64.3 Å². The van der Waals surface area contributed by atoms with Crippen molar-refractivity contribution in [2.75, 3.05) is 12.4 Å². The molecule has 2 rings (SSSR count). The number of anilines is 1. The van der Waals surface area contributed by atoms with Gasteiger partial charge in [0.05, 0.1) is 18.3 Å². The molecule has 94 valence electrons. The molecule has 1 saturated carbocycles. The molecule has 0 saturated heterocycles. The minimum atomic E-state index is -0.810. The van der Waals surface area contributed by atoms with Gasteiger partial charge in [-0.3, -0.25) is 4.79 Å². The van der Waals surface area contributed by atoms with Crippen molar-refractivity contribution < 1.29 is 13.9 Å². The molecule has 0 aromatic heterocycles. The lowest BCUT2D eigenvalue weighted by atomic mass is 10.2. The quantitative estimate of drug-likeness (QED) is 0.869. The molecule has 0 radical (unpaired) electrons. The molecule has 0 aliphatic heterocycles. The van der Waals surface area contributed by atoms with E-state index in [0.717, 1.165) is 0 Å². The van der Waals surface area contributed by atoms with Crippen molar-refractivity contribution >= 4 is 24.0 Å². The summed E-state index contributed by atoms with van der Waals surface area (Å²) in [5, 5.41) is 2.47. The molecule has 1 aliphatic carbocycles. The van der Waals surface area contributed by atoms with Crippen molar-refractivity contribution in [3.8, 4) is 5.75 Å². The first-order valence-electron chi connectivity index (χ1n) is 4.99. The smallest absolute Gasteiger partial charge is 0.244 e. The molecule has 1 aromatic carbocycles. The van der Waals surface area contributed by atoms with Gasteiger partial charge in [-0.1, -0.05) is 0 Å². The summed E-state index contributed by atoms with van der Waals surface area (Å²) in [6.07, 6.45) is 1.29. The highest BCUT2D eigenvalue weighted by molar-refractivity contribution is 6.00. The van der Waals surface area contributed by atoms with E-state index in [4.69, 9.17) is 10.5 Å². The summed E-state index contributed by atoms with van der Waals surface area (Å²) in [5.41, 5.74) is 4.98. The van der Waals surface area contributed by atoms with E-state index in [-0.39, 0.29) is 24.0 Å². The van der Waals surface area contributed by atoms with Crippen LogP contribution in [0.3, 0.4) is 0 Å². The zero-order valence-corrected chi connectivity index (χ0v) is 10.1. The van der Waals surface area contributed by atoms with Gasteiger partial charge in [0.2, 0.25) is 5.91 Å². The number of ether oxygens (including phenoxy) is 1. The number of nitrogens with one attached hydrogen (secondary N) is 1. The van der Waals surface area contributed by atoms with Gasteiger partial charge in [-0.25, -0.2) is 4.39 Å². The van der Waals surface area contributed by atoms with Gasteiger partial charge in [-0.05, 0) is 25.0 Å². The van der Waals surface area contributed by atoms with Crippen LogP contribution >= 0.6 is 12.4 Å². The van der Waals surface area contributed by atoms with E-state index >= 15 is 0 Å². The molecular weight excluding hydrogens is 247 g/mol. The van der Waals surface area contributed by atoms with Crippen LogP contribution in [0.4, 0.5) is 10.1 Å². The fourth-order valence-corrected chi connectivity index (χ4v) is 1.34. The number of carbonyl (C=O) groups excluding carboxylic acids is 1. The fourth-order valence-electron chi connectivity index (χ4n) is 1.34. The summed E-state index contributed by atoms with van der Waals surface area (Å²) in [7, 11) is 1.48. The standard InChI is InChI=1S/C11H13FN2O2.ClH/c1-16-7-2-3-8(12)9(6-7)14-10(15)11(13)4-5-11;/h2-3,6H,4-5,13H2,1H3,(H,14,15);1H. The number of methoxy groups -OCH3 is 1. The van der Waals surface area contributed by atoms with E-state index in [2.05, 4.69) is 5.32 Å². The van der Waals surface area contributed by atoms with Crippen LogP contribution in [0, 0.1) is 5.82 Å². The van der Waals surface area contributed by atoms with E-state index in [9.17, 15) is 9.18 Å². The lowest BCUT2D eigenvalue weighted by Crippen LogP contribution is -2.38. The fraction of sp³-hybridized carbons (Fsp3) is 0.364. The Labute approximate surface area is 105 Å². The van der Waals surface area contributed by atoms with E-state index in [0.29, 0.717) is 18.6 Å². The van der Waals surface area contributed by atoms with Gasteiger partial charge in [0.25, 0.3) is 0 Å². The van der Waals surface area contributed by atoms with Crippen molar-refractivity contribution in [2.24, 2.45) is 5.73 Å². The predicted octanol–water partition coefficient (Wildman–Crippen LogP) is 1.69. The van der Waals surface area contributed by atoms with Crippen molar-refractivity contribution in [2.45, 2.75) is 18.4 Å². The summed E-state index contributed by atoms with van der Waals surface area (Å²) >= 11 is 0. The minimum Gasteiger partial charge on any atom is -0.497 e. The second kappa shape index (κ2) is 4.89. The number of rotatable bonds is 3. The molecule has 0 heterocycles. The van der Waals surface area contributed by atoms with Crippen molar-refractivity contribution in [3.63, 3.8) is 0 Å². The first-order chi connectivity index (χ1) is 7.55. The van der Waals surface area contributed by atoms with Crippen molar-refractivity contribution in [1.29, 1.82) is 0 Å². The van der Waals surface area contributed by atoms with E-state index in [1.54, 1.807) is 0 Å². The van der Waals surface area contributed by atoms with Gasteiger partial charge in [-0.2, -0.15) is 0 Å². The Morgan fingerprint density at radius 3 is 2.71 bits per heavy atom. The highest BCUT2D eigenvalue weighted by Crippen LogP contribution is 2.34. The van der Waals surface area contributed by atoms with Crippen molar-refractivity contribution in [1.82, 2.24) is 0 Å². The Kier molecular flexibility index (Phi) is 3.95. The SMILES string of the molecule is COc1ccc(F)c(NC(=O)C2(N)CC2)c1.Cl. The number of nitrogens with two attached hydrogens (primary N) is 1. The molecule has 1 aromatic rings. The average molecular weight is 261 g/mol. The molecule has 0 atom stereocenters. The van der Waals surface area contributed by atoms with Gasteiger partial charge in [0.15, 0.2) is 0 Å². The molecule has 1 aliphatic rings. The molecule has 17 heavy (non-hydrogen) atoms. The molecule has 1 amide bonds.